The molecule has 31 heavy (non-hydrogen) atoms. The van der Waals surface area contributed by atoms with Gasteiger partial charge in [-0.05, 0) is 41.7 Å². The zero-order valence-corrected chi connectivity index (χ0v) is 17.8. The third-order valence-corrected chi connectivity index (χ3v) is 7.37. The highest BCUT2D eigenvalue weighted by Crippen LogP contribution is 2.43. The van der Waals surface area contributed by atoms with E-state index in [4.69, 9.17) is 0 Å². The maximum absolute atomic E-state index is 13.8. The minimum atomic E-state index is -3.60. The van der Waals surface area contributed by atoms with E-state index in [0.29, 0.717) is 35.0 Å². The third kappa shape index (κ3) is 2.88. The van der Waals surface area contributed by atoms with Gasteiger partial charge in [-0.15, -0.1) is 0 Å². The Hall–Kier alpha value is -3.43. The number of nitrogens with zero attached hydrogens (tertiary/aromatic N) is 2. The predicted octanol–water partition coefficient (Wildman–Crippen LogP) is 4.48. The highest BCUT2D eigenvalue weighted by molar-refractivity contribution is 7.89. The van der Waals surface area contributed by atoms with Gasteiger partial charge in [0.2, 0.25) is 10.0 Å². The van der Waals surface area contributed by atoms with Gasteiger partial charge in [-0.25, -0.2) is 12.4 Å². The van der Waals surface area contributed by atoms with Gasteiger partial charge in [0.05, 0.1) is 17.8 Å². The number of carbonyl (C=O) groups excluding carboxylic acids is 1. The second-order valence-electron chi connectivity index (χ2n) is 8.20. The first-order valence-corrected chi connectivity index (χ1v) is 12.0. The van der Waals surface area contributed by atoms with Gasteiger partial charge < -0.3 is 0 Å². The van der Waals surface area contributed by atoms with Crippen molar-refractivity contribution in [3.63, 3.8) is 0 Å². The number of rotatable bonds is 3. The summed E-state index contributed by atoms with van der Waals surface area (Å²) in [5, 5.41) is 12.9. The van der Waals surface area contributed by atoms with Gasteiger partial charge in [-0.2, -0.15) is 5.26 Å². The largest absolute Gasteiger partial charge is 0.292 e. The SMILES string of the molecule is CS(=O)(=O)n1c2c(c3ccccc31)C(=O)[C@@](C#N)(Cc1cccc3ccccc13)CC2. The smallest absolute Gasteiger partial charge is 0.236 e. The van der Waals surface area contributed by atoms with E-state index in [1.165, 1.54) is 3.97 Å². The molecule has 6 heteroatoms. The standard InChI is InChI=1S/C25H20N2O3S/c1-31(29,30)27-21-12-5-4-11-20(21)23-22(27)13-14-25(16-26,24(23)28)15-18-9-6-8-17-7-2-3-10-19(17)18/h2-12H,13-15H2,1H3/t25-/m1/s1. The van der Waals surface area contributed by atoms with Crippen LogP contribution >= 0.6 is 0 Å². The van der Waals surface area contributed by atoms with E-state index in [0.717, 1.165) is 22.6 Å². The minimum Gasteiger partial charge on any atom is -0.292 e. The maximum atomic E-state index is 13.8. The number of fused-ring (bicyclic) bond motifs is 4. The fourth-order valence-electron chi connectivity index (χ4n) is 4.89. The summed E-state index contributed by atoms with van der Waals surface area (Å²) in [6.45, 7) is 0. The number of hydrogen-bond donors (Lipinski definition) is 0. The van der Waals surface area contributed by atoms with Crippen molar-refractivity contribution in [3.8, 4) is 6.07 Å². The lowest BCUT2D eigenvalue weighted by atomic mass is 9.69. The fourth-order valence-corrected chi connectivity index (χ4v) is 5.99. The van der Waals surface area contributed by atoms with E-state index < -0.39 is 15.4 Å². The van der Waals surface area contributed by atoms with Crippen molar-refractivity contribution >= 4 is 37.5 Å². The molecule has 0 aliphatic heterocycles. The van der Waals surface area contributed by atoms with Crippen LogP contribution in [0.1, 0.15) is 28.0 Å². The minimum absolute atomic E-state index is 0.282. The normalized spacial score (nSPS) is 18.8. The Bertz CT molecular complexity index is 1520. The Balaban J connectivity index is 1.71. The molecule has 1 aromatic heterocycles. The number of ketones is 1. The Morgan fingerprint density at radius 3 is 2.42 bits per heavy atom. The molecule has 0 amide bonds. The average molecular weight is 429 g/mol. The molecule has 1 aliphatic rings. The van der Waals surface area contributed by atoms with Gasteiger partial charge in [0.1, 0.15) is 5.41 Å². The highest BCUT2D eigenvalue weighted by Gasteiger charge is 2.46. The van der Waals surface area contributed by atoms with Gasteiger partial charge >= 0.3 is 0 Å². The molecule has 0 saturated carbocycles. The van der Waals surface area contributed by atoms with Crippen LogP contribution in [0.25, 0.3) is 21.7 Å². The van der Waals surface area contributed by atoms with E-state index in [9.17, 15) is 18.5 Å². The molecule has 4 aromatic rings. The van der Waals surface area contributed by atoms with Gasteiger partial charge in [0.25, 0.3) is 0 Å². The van der Waals surface area contributed by atoms with Crippen LogP contribution in [-0.2, 0) is 22.9 Å². The second kappa shape index (κ2) is 6.79. The Labute approximate surface area is 180 Å². The topological polar surface area (TPSA) is 79.9 Å². The number of para-hydroxylation sites is 1. The van der Waals surface area contributed by atoms with Crippen LogP contribution in [0.2, 0.25) is 0 Å². The molecular weight excluding hydrogens is 408 g/mol. The summed E-state index contributed by atoms with van der Waals surface area (Å²) in [6.07, 6.45) is 2.07. The lowest BCUT2D eigenvalue weighted by Crippen LogP contribution is -2.37. The molecule has 1 heterocycles. The molecule has 5 rings (SSSR count). The molecule has 0 unspecified atom stereocenters. The molecule has 0 bridgehead atoms. The summed E-state index contributed by atoms with van der Waals surface area (Å²) in [6, 6.07) is 23.2. The van der Waals surface area contributed by atoms with Crippen molar-refractivity contribution in [3.05, 3.63) is 83.6 Å². The molecule has 0 fully saturated rings. The van der Waals surface area contributed by atoms with Gasteiger partial charge in [0.15, 0.2) is 5.78 Å². The van der Waals surface area contributed by atoms with Crippen LogP contribution in [-0.4, -0.2) is 24.4 Å². The summed E-state index contributed by atoms with van der Waals surface area (Å²) >= 11 is 0. The summed E-state index contributed by atoms with van der Waals surface area (Å²) in [5.74, 6) is -0.289. The first-order valence-electron chi connectivity index (χ1n) is 10.1. The van der Waals surface area contributed by atoms with Crippen LogP contribution in [0.15, 0.2) is 66.7 Å². The van der Waals surface area contributed by atoms with E-state index in [1.54, 1.807) is 24.3 Å². The number of hydrogen-bond acceptors (Lipinski definition) is 4. The quantitative estimate of drug-likeness (QED) is 0.482. The molecule has 0 spiro atoms. The second-order valence-corrected chi connectivity index (χ2v) is 10.0. The highest BCUT2D eigenvalue weighted by atomic mass is 32.2. The molecule has 1 aliphatic carbocycles. The molecule has 154 valence electrons. The molecule has 3 aromatic carbocycles. The molecule has 5 nitrogen and oxygen atoms in total. The average Bonchev–Trinajstić information content (AvgIpc) is 3.11. The molecule has 0 saturated heterocycles. The van der Waals surface area contributed by atoms with Crippen molar-refractivity contribution in [2.45, 2.75) is 19.3 Å². The number of carbonyl (C=O) groups is 1. The molecule has 1 atom stereocenters. The van der Waals surface area contributed by atoms with Gasteiger partial charge in [0, 0.05) is 16.6 Å². The number of nitriles is 1. The van der Waals surface area contributed by atoms with Crippen molar-refractivity contribution < 1.29 is 13.2 Å². The van der Waals surface area contributed by atoms with E-state index in [2.05, 4.69) is 6.07 Å². The molecule has 0 N–H and O–H groups in total. The lowest BCUT2D eigenvalue weighted by molar-refractivity contribution is 0.0835. The maximum Gasteiger partial charge on any atom is 0.236 e. The van der Waals surface area contributed by atoms with Crippen LogP contribution in [0.5, 0.6) is 0 Å². The molecular formula is C25H20N2O3S. The van der Waals surface area contributed by atoms with Crippen molar-refractivity contribution in [2.24, 2.45) is 5.41 Å². The van der Waals surface area contributed by atoms with Crippen LogP contribution < -0.4 is 0 Å². The van der Waals surface area contributed by atoms with Crippen LogP contribution in [0.3, 0.4) is 0 Å². The zero-order valence-electron chi connectivity index (χ0n) is 17.0. The number of Topliss-reactive ketones (excluding diaryl/α,β-unsaturated/α-hetero) is 1. The van der Waals surface area contributed by atoms with Gasteiger partial charge in [-0.3, -0.25) is 4.79 Å². The zero-order chi connectivity index (χ0) is 21.8. The lowest BCUT2D eigenvalue weighted by Gasteiger charge is -2.30. The summed E-state index contributed by atoms with van der Waals surface area (Å²) in [4.78, 5) is 13.8. The summed E-state index contributed by atoms with van der Waals surface area (Å²) < 4.78 is 26.4. The Morgan fingerprint density at radius 1 is 1.00 bits per heavy atom. The summed E-state index contributed by atoms with van der Waals surface area (Å²) in [7, 11) is -3.60. The first-order chi connectivity index (χ1) is 14.9. The first kappa shape index (κ1) is 19.5. The van der Waals surface area contributed by atoms with Gasteiger partial charge in [-0.1, -0.05) is 60.7 Å². The fraction of sp³-hybridized carbons (Fsp3) is 0.200. The predicted molar refractivity (Wildman–Crippen MR) is 121 cm³/mol. The summed E-state index contributed by atoms with van der Waals surface area (Å²) in [5.41, 5.74) is 1.06. The van der Waals surface area contributed by atoms with E-state index >= 15 is 0 Å². The monoisotopic (exact) mass is 428 g/mol. The Morgan fingerprint density at radius 2 is 1.68 bits per heavy atom. The Kier molecular flexibility index (Phi) is 4.28. The van der Waals surface area contributed by atoms with E-state index in [-0.39, 0.29) is 12.2 Å². The molecule has 0 radical (unpaired) electrons. The van der Waals surface area contributed by atoms with Crippen LogP contribution in [0, 0.1) is 16.7 Å². The number of aromatic nitrogens is 1. The van der Waals surface area contributed by atoms with Crippen molar-refractivity contribution in [1.82, 2.24) is 3.97 Å². The van der Waals surface area contributed by atoms with Crippen molar-refractivity contribution in [1.29, 1.82) is 5.26 Å². The van der Waals surface area contributed by atoms with E-state index in [1.807, 2.05) is 42.5 Å². The van der Waals surface area contributed by atoms with Crippen LogP contribution in [0.4, 0.5) is 0 Å². The third-order valence-electron chi connectivity index (χ3n) is 6.29. The number of benzene rings is 3. The van der Waals surface area contributed by atoms with Crippen molar-refractivity contribution in [2.75, 3.05) is 6.26 Å².